The molecule has 0 aromatic heterocycles. The number of thiocarbonyl (C=S) groups is 1. The number of anilines is 1. The van der Waals surface area contributed by atoms with E-state index in [-0.39, 0.29) is 5.54 Å². The molecule has 1 aliphatic rings. The first kappa shape index (κ1) is 13.3. The third-order valence-corrected chi connectivity index (χ3v) is 3.69. The first-order chi connectivity index (χ1) is 8.50. The van der Waals surface area contributed by atoms with Gasteiger partial charge in [-0.05, 0) is 38.8 Å². The van der Waals surface area contributed by atoms with Crippen molar-refractivity contribution in [1.29, 1.82) is 0 Å². The number of ether oxygens (including phenoxy) is 1. The lowest BCUT2D eigenvalue weighted by atomic mass is 9.91. The van der Waals surface area contributed by atoms with Crippen LogP contribution in [0.4, 0.5) is 5.69 Å². The molecule has 0 bridgehead atoms. The van der Waals surface area contributed by atoms with Crippen LogP contribution in [0.2, 0.25) is 0 Å². The zero-order valence-electron chi connectivity index (χ0n) is 11.0. The van der Waals surface area contributed by atoms with Crippen LogP contribution in [0.5, 0.6) is 0 Å². The molecule has 0 aliphatic carbocycles. The Kier molecular flexibility index (Phi) is 3.88. The number of hydrogen-bond acceptors (Lipinski definition) is 3. The lowest BCUT2D eigenvalue weighted by molar-refractivity contribution is 0.0658. The zero-order valence-corrected chi connectivity index (χ0v) is 11.8. The average molecular weight is 264 g/mol. The van der Waals surface area contributed by atoms with Crippen LogP contribution in [-0.4, -0.2) is 23.7 Å². The van der Waals surface area contributed by atoms with Crippen LogP contribution in [0.25, 0.3) is 0 Å². The van der Waals surface area contributed by atoms with Crippen molar-refractivity contribution < 1.29 is 4.74 Å². The van der Waals surface area contributed by atoms with Crippen LogP contribution in [0.1, 0.15) is 30.9 Å². The fourth-order valence-electron chi connectivity index (χ4n) is 2.24. The minimum Gasteiger partial charge on any atom is -0.389 e. The second kappa shape index (κ2) is 5.24. The normalized spacial score (nSPS) is 18.3. The highest BCUT2D eigenvalue weighted by Crippen LogP contribution is 2.28. The quantitative estimate of drug-likeness (QED) is 0.824. The van der Waals surface area contributed by atoms with Gasteiger partial charge in [-0.1, -0.05) is 23.8 Å². The van der Waals surface area contributed by atoms with Crippen LogP contribution < -0.4 is 11.1 Å². The fourth-order valence-corrected chi connectivity index (χ4v) is 2.41. The summed E-state index contributed by atoms with van der Waals surface area (Å²) in [5.74, 6) is 0. The second-order valence-electron chi connectivity index (χ2n) is 5.21. The van der Waals surface area contributed by atoms with E-state index in [2.05, 4.69) is 24.4 Å². The molecule has 2 rings (SSSR count). The Labute approximate surface area is 114 Å². The van der Waals surface area contributed by atoms with E-state index in [4.69, 9.17) is 22.7 Å². The van der Waals surface area contributed by atoms with Gasteiger partial charge in [0.15, 0.2) is 0 Å². The van der Waals surface area contributed by atoms with Gasteiger partial charge in [0.05, 0.1) is 0 Å². The highest BCUT2D eigenvalue weighted by Gasteiger charge is 2.27. The number of hydrogen-bond donors (Lipinski definition) is 2. The Morgan fingerprint density at radius 2 is 2.06 bits per heavy atom. The van der Waals surface area contributed by atoms with Crippen molar-refractivity contribution in [3.05, 3.63) is 29.3 Å². The number of rotatable bonds is 3. The molecule has 0 radical (unpaired) electrons. The predicted octanol–water partition coefficient (Wildman–Crippen LogP) is 2.61. The Morgan fingerprint density at radius 3 is 2.67 bits per heavy atom. The summed E-state index contributed by atoms with van der Waals surface area (Å²) in [7, 11) is 0. The molecule has 4 heteroatoms. The first-order valence-corrected chi connectivity index (χ1v) is 6.67. The number of benzene rings is 1. The molecule has 0 spiro atoms. The van der Waals surface area contributed by atoms with Gasteiger partial charge in [0.1, 0.15) is 4.99 Å². The standard InChI is InChI=1S/C14H20N2OS/c1-10-3-4-12(11(9-10)13(15)18)16-14(2)5-7-17-8-6-14/h3-4,9,16H,5-8H2,1-2H3,(H2,15,18). The summed E-state index contributed by atoms with van der Waals surface area (Å²) in [6, 6.07) is 6.17. The van der Waals surface area contributed by atoms with Gasteiger partial charge < -0.3 is 15.8 Å². The van der Waals surface area contributed by atoms with Crippen LogP contribution in [-0.2, 0) is 4.74 Å². The van der Waals surface area contributed by atoms with Gasteiger partial charge in [0.2, 0.25) is 0 Å². The first-order valence-electron chi connectivity index (χ1n) is 6.27. The van der Waals surface area contributed by atoms with Crippen LogP contribution in [0.3, 0.4) is 0 Å². The van der Waals surface area contributed by atoms with Crippen LogP contribution in [0, 0.1) is 6.92 Å². The largest absolute Gasteiger partial charge is 0.389 e. The molecule has 3 N–H and O–H groups in total. The maximum absolute atomic E-state index is 5.80. The molecule has 1 aromatic rings. The fraction of sp³-hybridized carbons (Fsp3) is 0.500. The number of nitrogens with one attached hydrogen (secondary N) is 1. The Hall–Kier alpha value is -1.13. The summed E-state index contributed by atoms with van der Waals surface area (Å²) in [5.41, 5.74) is 8.98. The SMILES string of the molecule is Cc1ccc(NC2(C)CCOCC2)c(C(N)=S)c1. The van der Waals surface area contributed by atoms with E-state index in [1.54, 1.807) is 0 Å². The van der Waals surface area contributed by atoms with Gasteiger partial charge in [-0.2, -0.15) is 0 Å². The molecule has 1 saturated heterocycles. The Balaban J connectivity index is 2.25. The van der Waals surface area contributed by atoms with E-state index in [9.17, 15) is 0 Å². The third-order valence-electron chi connectivity index (χ3n) is 3.47. The molecule has 1 heterocycles. The molecule has 0 amide bonds. The highest BCUT2D eigenvalue weighted by molar-refractivity contribution is 7.80. The van der Waals surface area contributed by atoms with Gasteiger partial charge in [-0.3, -0.25) is 0 Å². The predicted molar refractivity (Wildman–Crippen MR) is 79.1 cm³/mol. The van der Waals surface area contributed by atoms with E-state index in [1.807, 2.05) is 13.0 Å². The van der Waals surface area contributed by atoms with Crippen molar-refractivity contribution in [3.8, 4) is 0 Å². The Morgan fingerprint density at radius 1 is 1.39 bits per heavy atom. The van der Waals surface area contributed by atoms with E-state index >= 15 is 0 Å². The molecule has 1 fully saturated rings. The summed E-state index contributed by atoms with van der Waals surface area (Å²) < 4.78 is 5.41. The number of aryl methyl sites for hydroxylation is 1. The highest BCUT2D eigenvalue weighted by atomic mass is 32.1. The topological polar surface area (TPSA) is 47.3 Å². The van der Waals surface area contributed by atoms with Crippen molar-refractivity contribution >= 4 is 22.9 Å². The summed E-state index contributed by atoms with van der Waals surface area (Å²) in [5, 5.41) is 3.59. The molecule has 18 heavy (non-hydrogen) atoms. The summed E-state index contributed by atoms with van der Waals surface area (Å²) in [4.78, 5) is 0.442. The molecule has 0 atom stereocenters. The molecule has 1 aromatic carbocycles. The molecule has 0 saturated carbocycles. The van der Waals surface area contributed by atoms with Crippen molar-refractivity contribution in [1.82, 2.24) is 0 Å². The lowest BCUT2D eigenvalue weighted by Gasteiger charge is -2.36. The van der Waals surface area contributed by atoms with E-state index in [0.717, 1.165) is 37.3 Å². The third kappa shape index (κ3) is 3.00. The summed E-state index contributed by atoms with van der Waals surface area (Å²) in [6.07, 6.45) is 2.00. The molecule has 1 aliphatic heterocycles. The zero-order chi connectivity index (χ0) is 13.2. The Bertz CT molecular complexity index is 453. The lowest BCUT2D eigenvalue weighted by Crippen LogP contribution is -2.41. The molecular formula is C14H20N2OS. The monoisotopic (exact) mass is 264 g/mol. The van der Waals surface area contributed by atoms with E-state index < -0.39 is 0 Å². The van der Waals surface area contributed by atoms with Crippen LogP contribution >= 0.6 is 12.2 Å². The van der Waals surface area contributed by atoms with E-state index in [0.29, 0.717) is 4.99 Å². The van der Waals surface area contributed by atoms with Crippen molar-refractivity contribution in [2.24, 2.45) is 5.73 Å². The van der Waals surface area contributed by atoms with Crippen molar-refractivity contribution in [2.75, 3.05) is 18.5 Å². The average Bonchev–Trinajstić information content (AvgIpc) is 2.32. The van der Waals surface area contributed by atoms with Crippen molar-refractivity contribution in [3.63, 3.8) is 0 Å². The minimum absolute atomic E-state index is 0.0625. The molecule has 0 unspecified atom stereocenters. The molecular weight excluding hydrogens is 244 g/mol. The molecule has 98 valence electrons. The van der Waals surface area contributed by atoms with Gasteiger partial charge in [0.25, 0.3) is 0 Å². The summed E-state index contributed by atoms with van der Waals surface area (Å²) >= 11 is 5.13. The smallest absolute Gasteiger partial charge is 0.106 e. The minimum atomic E-state index is 0.0625. The van der Waals surface area contributed by atoms with Gasteiger partial charge >= 0.3 is 0 Å². The van der Waals surface area contributed by atoms with Gasteiger partial charge in [-0.25, -0.2) is 0 Å². The van der Waals surface area contributed by atoms with Gasteiger partial charge in [0, 0.05) is 30.0 Å². The molecule has 3 nitrogen and oxygen atoms in total. The maximum Gasteiger partial charge on any atom is 0.106 e. The van der Waals surface area contributed by atoms with Gasteiger partial charge in [-0.15, -0.1) is 0 Å². The summed E-state index contributed by atoms with van der Waals surface area (Å²) in [6.45, 7) is 5.87. The van der Waals surface area contributed by atoms with Crippen LogP contribution in [0.15, 0.2) is 18.2 Å². The maximum atomic E-state index is 5.80. The van der Waals surface area contributed by atoms with Crippen molar-refractivity contribution in [2.45, 2.75) is 32.2 Å². The number of nitrogens with two attached hydrogens (primary N) is 1. The second-order valence-corrected chi connectivity index (χ2v) is 5.65. The van der Waals surface area contributed by atoms with E-state index in [1.165, 1.54) is 5.56 Å².